The molecule has 6 fully saturated rings. The molecule has 8 atom stereocenters. The first-order valence-electron chi connectivity index (χ1n) is 29.5. The van der Waals surface area contributed by atoms with Crippen LogP contribution in [0.4, 0.5) is 0 Å². The zero-order chi connectivity index (χ0) is 47.2. The number of rotatable bonds is 0. The first-order valence-corrected chi connectivity index (χ1v) is 29.5. The molecule has 70 heavy (non-hydrogen) atoms. The molecule has 10 aliphatic rings. The molecule has 382 valence electrons. The molecule has 0 radical (unpaired) electrons. The maximum Gasteiger partial charge on any atom is 0.502 e. The molecule has 4 saturated carbocycles. The van der Waals surface area contributed by atoms with Crippen LogP contribution in [0, 0.1) is 35.5 Å². The van der Waals surface area contributed by atoms with Crippen molar-refractivity contribution in [3.63, 3.8) is 0 Å². The van der Waals surface area contributed by atoms with Crippen molar-refractivity contribution in [2.24, 2.45) is 35.5 Å². The van der Waals surface area contributed by atoms with E-state index in [0.29, 0.717) is 61.9 Å². The van der Waals surface area contributed by atoms with Gasteiger partial charge >= 0.3 is 14.2 Å². The Balaban J connectivity index is 0.874. The van der Waals surface area contributed by atoms with Gasteiger partial charge in [0.15, 0.2) is 0 Å². The molecule has 0 amide bonds. The Kier molecular flexibility index (Phi) is 19.1. The largest absolute Gasteiger partial charge is 0.502 e. The summed E-state index contributed by atoms with van der Waals surface area (Å²) < 4.78 is 55.5. The number of fused-ring (bicyclic) bond motifs is 36. The summed E-state index contributed by atoms with van der Waals surface area (Å²) in [7, 11) is -0.983. The third-order valence-corrected chi connectivity index (χ3v) is 17.9. The van der Waals surface area contributed by atoms with Gasteiger partial charge in [-0.3, -0.25) is 0 Å². The van der Waals surface area contributed by atoms with Crippen molar-refractivity contribution in [3.8, 4) is 23.0 Å². The minimum atomic E-state index is -0.492. The minimum absolute atomic E-state index is 0.0740. The molecule has 2 aromatic rings. The van der Waals surface area contributed by atoms with Crippen LogP contribution in [0.25, 0.3) is 0 Å². The highest BCUT2D eigenvalue weighted by atomic mass is 16.7. The van der Waals surface area contributed by atoms with E-state index in [1.165, 1.54) is 167 Å². The molecular formula is C60H88B2O8. The molecule has 0 N–H and O–H groups in total. The Morgan fingerprint density at radius 2 is 0.543 bits per heavy atom. The zero-order valence-electron chi connectivity index (χ0n) is 43.0. The fraction of sp³-hybridized carbons (Fsp3) is 0.733. The summed E-state index contributed by atoms with van der Waals surface area (Å²) in [6.07, 6.45) is 46.8. The number of hydrogen-bond donors (Lipinski definition) is 0. The zero-order valence-corrected chi connectivity index (χ0v) is 43.0. The monoisotopic (exact) mass is 959 g/mol. The summed E-state index contributed by atoms with van der Waals surface area (Å²) in [5.74, 6) is 6.41. The van der Waals surface area contributed by atoms with Gasteiger partial charge in [0, 0.05) is 0 Å². The summed E-state index contributed by atoms with van der Waals surface area (Å²) >= 11 is 0. The summed E-state index contributed by atoms with van der Waals surface area (Å²) in [6.45, 7) is 2.78. The second kappa shape index (κ2) is 26.3. The van der Waals surface area contributed by atoms with Gasteiger partial charge in [-0.05, 0) is 150 Å². The fourth-order valence-electron chi connectivity index (χ4n) is 14.5. The number of ether oxygens (including phenoxy) is 4. The van der Waals surface area contributed by atoms with Crippen molar-refractivity contribution in [2.45, 2.75) is 217 Å². The third kappa shape index (κ3) is 12.4. The molecule has 4 aliphatic carbocycles. The molecule has 2 saturated heterocycles. The van der Waals surface area contributed by atoms with E-state index < -0.39 is 14.2 Å². The molecule has 6 aliphatic heterocycles. The van der Waals surface area contributed by atoms with E-state index in [1.54, 1.807) is 0 Å². The third-order valence-electron chi connectivity index (χ3n) is 17.9. The predicted octanol–water partition coefficient (Wildman–Crippen LogP) is 13.5. The maximum absolute atomic E-state index is 7.18. The molecule has 2 aromatic carbocycles. The van der Waals surface area contributed by atoms with Gasteiger partial charge in [0.2, 0.25) is 0 Å². The van der Waals surface area contributed by atoms with Crippen LogP contribution in [0.2, 0.25) is 0 Å². The van der Waals surface area contributed by atoms with Gasteiger partial charge in [0.05, 0.1) is 61.8 Å². The molecule has 8 nitrogen and oxygen atoms in total. The second-order valence-electron chi connectivity index (χ2n) is 22.7. The molecule has 0 spiro atoms. The van der Waals surface area contributed by atoms with E-state index in [0.717, 1.165) is 59.6 Å². The Morgan fingerprint density at radius 1 is 0.300 bits per heavy atom. The summed E-state index contributed by atoms with van der Waals surface area (Å²) in [4.78, 5) is 0. The van der Waals surface area contributed by atoms with Crippen molar-refractivity contribution in [1.29, 1.82) is 0 Å². The Hall–Kier alpha value is -2.91. The Morgan fingerprint density at radius 3 is 0.814 bits per heavy atom. The Labute approximate surface area is 423 Å². The van der Waals surface area contributed by atoms with Crippen LogP contribution in [-0.4, -0.2) is 65.1 Å². The molecule has 0 unspecified atom stereocenters. The molecular weight excluding hydrogens is 870 g/mol. The topological polar surface area (TPSA) is 73.8 Å². The van der Waals surface area contributed by atoms with Gasteiger partial charge in [-0.1, -0.05) is 139 Å². The number of allylic oxidation sites excluding steroid dienone is 4. The van der Waals surface area contributed by atoms with E-state index in [2.05, 4.69) is 60.7 Å². The number of hydrogen-bond acceptors (Lipinski definition) is 8. The standard InChI is InChI=1S/C60H88B2O8/c1-2-6-10-14-18-22-26-30-40-64-50-36-34-38-52-56(50)62-69-59-47-44-48(60(59)70-62)54-46-43-45(53(47)54)57-58(46)68-61(67-57)55-49(63-39-29-25-21-17-13-9-5-1)35-33-37-51(55)65-41-31-27-23-19-15-11-7-3-4-8-12-16-20-24-28-32-42-66-52/h1-4,33-38,45-48,53-54,57-60H,5-32,39-44H2/b2-1+,4-3+/t45-,46+,47-,48+,53?,54?,57-,58+,59-,60+. The highest BCUT2D eigenvalue weighted by Crippen LogP contribution is 2.70. The average molecular weight is 959 g/mol. The van der Waals surface area contributed by atoms with Gasteiger partial charge in [-0.15, -0.1) is 0 Å². The van der Waals surface area contributed by atoms with Gasteiger partial charge in [-0.25, -0.2) is 0 Å². The van der Waals surface area contributed by atoms with Crippen molar-refractivity contribution < 1.29 is 37.6 Å². The lowest BCUT2D eigenvalue weighted by molar-refractivity contribution is -0.0431. The van der Waals surface area contributed by atoms with Crippen LogP contribution in [0.3, 0.4) is 0 Å². The van der Waals surface area contributed by atoms with Crippen LogP contribution in [0.1, 0.15) is 193 Å². The smallest absolute Gasteiger partial charge is 0.494 e. The van der Waals surface area contributed by atoms with Gasteiger partial charge < -0.3 is 37.6 Å². The van der Waals surface area contributed by atoms with E-state index in [4.69, 9.17) is 37.6 Å². The normalized spacial score (nSPS) is 34.5. The summed E-state index contributed by atoms with van der Waals surface area (Å²) in [5.41, 5.74) is 1.91. The average Bonchev–Trinajstić information content (AvgIpc) is 4.24. The van der Waals surface area contributed by atoms with Crippen LogP contribution < -0.4 is 29.9 Å². The van der Waals surface area contributed by atoms with E-state index >= 15 is 0 Å². The second-order valence-corrected chi connectivity index (χ2v) is 22.7. The highest BCUT2D eigenvalue weighted by molar-refractivity contribution is 6.64. The molecule has 12 bridgehead atoms. The lowest BCUT2D eigenvalue weighted by atomic mass is 9.67. The molecule has 12 rings (SSSR count). The molecule has 10 heteroatoms. The van der Waals surface area contributed by atoms with Gasteiger partial charge in [0.1, 0.15) is 23.0 Å². The van der Waals surface area contributed by atoms with E-state index in [1.807, 2.05) is 0 Å². The molecule has 0 aromatic heterocycles. The van der Waals surface area contributed by atoms with Crippen molar-refractivity contribution in [3.05, 3.63) is 60.7 Å². The maximum atomic E-state index is 7.18. The van der Waals surface area contributed by atoms with Gasteiger partial charge in [-0.2, -0.15) is 0 Å². The van der Waals surface area contributed by atoms with Crippen LogP contribution in [0.5, 0.6) is 23.0 Å². The molecule has 6 heterocycles. The first-order chi connectivity index (χ1) is 34.8. The lowest BCUT2D eigenvalue weighted by Crippen LogP contribution is -2.49. The Bertz CT molecular complexity index is 1700. The minimum Gasteiger partial charge on any atom is -0.494 e. The first kappa shape index (κ1) is 50.6. The van der Waals surface area contributed by atoms with Crippen molar-refractivity contribution in [2.75, 3.05) is 26.4 Å². The number of benzene rings is 2. The SMILES string of the molecule is C1=C/CCCCCCCCOc2cccc3c2B2O[C@@H]4[C@H](O2)[C@@H]2C[C@H]4C4C2[C@H]2C[C@@H]4[C@@H]4OB(O[C@@H]42)c2c(cccc2OCCCCCCCC/C=C/CCCCCCCCO3)OCCCCCCCC/1. The van der Waals surface area contributed by atoms with Crippen LogP contribution >= 0.6 is 0 Å². The van der Waals surface area contributed by atoms with Crippen molar-refractivity contribution >= 4 is 25.2 Å². The van der Waals surface area contributed by atoms with E-state index in [9.17, 15) is 0 Å². The quantitative estimate of drug-likeness (QED) is 0.191. The summed E-state index contributed by atoms with van der Waals surface area (Å²) in [6, 6.07) is 12.7. The predicted molar refractivity (Wildman–Crippen MR) is 283 cm³/mol. The van der Waals surface area contributed by atoms with E-state index in [-0.39, 0.29) is 24.4 Å². The van der Waals surface area contributed by atoms with Crippen molar-refractivity contribution in [1.82, 2.24) is 0 Å². The summed E-state index contributed by atoms with van der Waals surface area (Å²) in [5, 5.41) is 0. The highest BCUT2D eigenvalue weighted by Gasteiger charge is 2.74. The lowest BCUT2D eigenvalue weighted by Gasteiger charge is -2.43. The van der Waals surface area contributed by atoms with Crippen LogP contribution in [-0.2, 0) is 18.6 Å². The fourth-order valence-corrected chi connectivity index (χ4v) is 14.5. The van der Waals surface area contributed by atoms with Gasteiger partial charge in [0.25, 0.3) is 0 Å². The van der Waals surface area contributed by atoms with Crippen LogP contribution in [0.15, 0.2) is 60.7 Å².